The Kier molecular flexibility index (Phi) is 5.24. The van der Waals surface area contributed by atoms with Crippen molar-refractivity contribution in [3.8, 4) is 0 Å². The summed E-state index contributed by atoms with van der Waals surface area (Å²) in [5.74, 6) is -2.96. The molecule has 0 radical (unpaired) electrons. The second-order valence-corrected chi connectivity index (χ2v) is 4.29. The van der Waals surface area contributed by atoms with Crippen LogP contribution in [0.3, 0.4) is 0 Å². The predicted molar refractivity (Wildman–Crippen MR) is 68.3 cm³/mol. The molecule has 1 amide bonds. The van der Waals surface area contributed by atoms with E-state index in [1.165, 1.54) is 4.68 Å². The Labute approximate surface area is 115 Å². The first-order valence-corrected chi connectivity index (χ1v) is 6.13. The van der Waals surface area contributed by atoms with Crippen molar-refractivity contribution in [2.24, 2.45) is 7.05 Å². The third-order valence-corrected chi connectivity index (χ3v) is 2.78. The van der Waals surface area contributed by atoms with Crippen LogP contribution >= 0.6 is 0 Å². The molecule has 1 rings (SSSR count). The summed E-state index contributed by atoms with van der Waals surface area (Å²) in [4.78, 5) is 33.4. The number of hydrogen-bond donors (Lipinski definition) is 3. The first-order chi connectivity index (χ1) is 9.35. The summed E-state index contributed by atoms with van der Waals surface area (Å²) in [6.07, 6.45) is 0.153. The van der Waals surface area contributed by atoms with E-state index in [4.69, 9.17) is 10.2 Å². The van der Waals surface area contributed by atoms with Gasteiger partial charge >= 0.3 is 11.9 Å². The van der Waals surface area contributed by atoms with Gasteiger partial charge in [-0.2, -0.15) is 5.10 Å². The van der Waals surface area contributed by atoms with Crippen LogP contribution < -0.4 is 5.32 Å². The number of rotatable bonds is 7. The van der Waals surface area contributed by atoms with Crippen LogP contribution in [0.2, 0.25) is 0 Å². The van der Waals surface area contributed by atoms with Gasteiger partial charge in [-0.25, -0.2) is 4.79 Å². The molecule has 0 spiro atoms. The van der Waals surface area contributed by atoms with Gasteiger partial charge in [0.2, 0.25) is 0 Å². The summed E-state index contributed by atoms with van der Waals surface area (Å²) >= 11 is 0. The van der Waals surface area contributed by atoms with Crippen LogP contribution in [-0.2, 0) is 23.1 Å². The van der Waals surface area contributed by atoms with Crippen molar-refractivity contribution in [3.63, 3.8) is 0 Å². The topological polar surface area (TPSA) is 122 Å². The Bertz CT molecular complexity index is 523. The van der Waals surface area contributed by atoms with Crippen molar-refractivity contribution in [1.29, 1.82) is 0 Å². The highest BCUT2D eigenvalue weighted by atomic mass is 16.4. The van der Waals surface area contributed by atoms with Crippen LogP contribution in [0.1, 0.15) is 35.9 Å². The Morgan fingerprint density at radius 2 is 2.05 bits per heavy atom. The maximum absolute atomic E-state index is 12.0. The molecule has 8 heteroatoms. The lowest BCUT2D eigenvalue weighted by molar-refractivity contribution is -0.140. The lowest BCUT2D eigenvalue weighted by atomic mass is 10.1. The molecule has 0 aromatic carbocycles. The molecular weight excluding hydrogens is 266 g/mol. The van der Waals surface area contributed by atoms with Crippen molar-refractivity contribution < 1.29 is 24.6 Å². The summed E-state index contributed by atoms with van der Waals surface area (Å²) in [5, 5.41) is 23.9. The lowest BCUT2D eigenvalue weighted by Crippen LogP contribution is -2.41. The highest BCUT2D eigenvalue weighted by Gasteiger charge is 2.23. The molecule has 0 saturated heterocycles. The Balaban J connectivity index is 2.77. The minimum absolute atomic E-state index is 0.172. The summed E-state index contributed by atoms with van der Waals surface area (Å²) in [7, 11) is 1.58. The molecule has 0 bridgehead atoms. The highest BCUT2D eigenvalue weighted by Crippen LogP contribution is 2.06. The predicted octanol–water partition coefficient (Wildman–Crippen LogP) is 0.0303. The zero-order chi connectivity index (χ0) is 15.3. The van der Waals surface area contributed by atoms with E-state index in [9.17, 15) is 14.4 Å². The first-order valence-electron chi connectivity index (χ1n) is 6.13. The first kappa shape index (κ1) is 15.7. The number of aromatic nitrogens is 2. The zero-order valence-electron chi connectivity index (χ0n) is 11.3. The smallest absolute Gasteiger partial charge is 0.326 e. The van der Waals surface area contributed by atoms with Gasteiger partial charge in [0.25, 0.3) is 5.91 Å². The fourth-order valence-electron chi connectivity index (χ4n) is 1.67. The molecular formula is C12H17N3O5. The van der Waals surface area contributed by atoms with Gasteiger partial charge in [0.05, 0.1) is 5.69 Å². The summed E-state index contributed by atoms with van der Waals surface area (Å²) < 4.78 is 1.37. The number of amides is 1. The molecule has 1 atom stereocenters. The largest absolute Gasteiger partial charge is 0.481 e. The summed E-state index contributed by atoms with van der Waals surface area (Å²) in [6.45, 7) is 1.89. The molecule has 0 unspecified atom stereocenters. The van der Waals surface area contributed by atoms with E-state index < -0.39 is 23.9 Å². The average Bonchev–Trinajstić information content (AvgIpc) is 2.75. The fraction of sp³-hybridized carbons (Fsp3) is 0.500. The van der Waals surface area contributed by atoms with Gasteiger partial charge in [0.1, 0.15) is 11.7 Å². The van der Waals surface area contributed by atoms with Crippen LogP contribution in [0.25, 0.3) is 0 Å². The fourth-order valence-corrected chi connectivity index (χ4v) is 1.67. The monoisotopic (exact) mass is 283 g/mol. The van der Waals surface area contributed by atoms with Gasteiger partial charge in [-0.05, 0) is 18.9 Å². The van der Waals surface area contributed by atoms with Gasteiger partial charge < -0.3 is 15.5 Å². The van der Waals surface area contributed by atoms with Gasteiger partial charge in [-0.3, -0.25) is 14.3 Å². The molecule has 0 fully saturated rings. The van der Waals surface area contributed by atoms with Gasteiger partial charge in [0.15, 0.2) is 0 Å². The van der Waals surface area contributed by atoms with Gasteiger partial charge in [-0.1, -0.05) is 6.92 Å². The van der Waals surface area contributed by atoms with Crippen molar-refractivity contribution in [3.05, 3.63) is 17.5 Å². The van der Waals surface area contributed by atoms with Gasteiger partial charge in [0, 0.05) is 13.5 Å². The van der Waals surface area contributed by atoms with Crippen molar-refractivity contribution in [2.45, 2.75) is 32.2 Å². The van der Waals surface area contributed by atoms with Crippen LogP contribution in [-0.4, -0.2) is 43.9 Å². The number of aryl methyl sites for hydroxylation is 2. The standard InChI is InChI=1S/C12H17N3O5/c1-3-7-6-9(15(2)14-7)11(18)13-8(12(19)20)4-5-10(16)17/h6,8H,3-5H2,1-2H3,(H,13,18)(H,16,17)(H,19,20)/t8-/m0/s1. The van der Waals surface area contributed by atoms with Crippen molar-refractivity contribution in [2.75, 3.05) is 0 Å². The quantitative estimate of drug-likeness (QED) is 0.649. The molecule has 0 aliphatic heterocycles. The SMILES string of the molecule is CCc1cc(C(=O)N[C@@H](CCC(=O)O)C(=O)O)n(C)n1. The van der Waals surface area contributed by atoms with E-state index in [0.717, 1.165) is 5.69 Å². The minimum Gasteiger partial charge on any atom is -0.481 e. The van der Waals surface area contributed by atoms with Crippen LogP contribution in [0.5, 0.6) is 0 Å². The zero-order valence-corrected chi connectivity index (χ0v) is 11.3. The molecule has 0 aliphatic carbocycles. The Morgan fingerprint density at radius 3 is 2.50 bits per heavy atom. The number of nitrogens with one attached hydrogen (secondary N) is 1. The molecule has 0 aliphatic rings. The molecule has 1 aromatic rings. The van der Waals surface area contributed by atoms with Crippen LogP contribution in [0, 0.1) is 0 Å². The van der Waals surface area contributed by atoms with E-state index in [1.54, 1.807) is 13.1 Å². The molecule has 110 valence electrons. The number of aliphatic carboxylic acids is 2. The number of hydrogen-bond acceptors (Lipinski definition) is 4. The summed E-state index contributed by atoms with van der Waals surface area (Å²) in [6, 6.07) is 0.337. The van der Waals surface area contributed by atoms with E-state index >= 15 is 0 Å². The summed E-state index contributed by atoms with van der Waals surface area (Å²) in [5.41, 5.74) is 0.957. The van der Waals surface area contributed by atoms with E-state index in [0.29, 0.717) is 6.42 Å². The molecule has 20 heavy (non-hydrogen) atoms. The van der Waals surface area contributed by atoms with Crippen molar-refractivity contribution in [1.82, 2.24) is 15.1 Å². The van der Waals surface area contributed by atoms with Crippen molar-refractivity contribution >= 4 is 17.8 Å². The number of carboxylic acid groups (broad SMARTS) is 2. The maximum Gasteiger partial charge on any atom is 0.326 e. The number of carbonyl (C=O) groups is 3. The molecule has 1 heterocycles. The molecule has 1 aromatic heterocycles. The number of carbonyl (C=O) groups excluding carboxylic acids is 1. The van der Waals surface area contributed by atoms with Gasteiger partial charge in [-0.15, -0.1) is 0 Å². The highest BCUT2D eigenvalue weighted by molar-refractivity contribution is 5.95. The third-order valence-electron chi connectivity index (χ3n) is 2.78. The van der Waals surface area contributed by atoms with E-state index in [-0.39, 0.29) is 18.5 Å². The molecule has 8 nitrogen and oxygen atoms in total. The van der Waals surface area contributed by atoms with E-state index in [2.05, 4.69) is 10.4 Å². The Hall–Kier alpha value is -2.38. The molecule has 0 saturated carbocycles. The minimum atomic E-state index is -1.27. The second kappa shape index (κ2) is 6.69. The molecule has 3 N–H and O–H groups in total. The second-order valence-electron chi connectivity index (χ2n) is 4.29. The maximum atomic E-state index is 12.0. The number of carboxylic acids is 2. The normalized spacial score (nSPS) is 11.9. The third kappa shape index (κ3) is 4.08. The lowest BCUT2D eigenvalue weighted by Gasteiger charge is -2.13. The Morgan fingerprint density at radius 1 is 1.40 bits per heavy atom. The number of nitrogens with zero attached hydrogens (tertiary/aromatic N) is 2. The average molecular weight is 283 g/mol. The van der Waals surface area contributed by atoms with E-state index in [1.807, 2.05) is 6.92 Å². The van der Waals surface area contributed by atoms with Crippen LogP contribution in [0.4, 0.5) is 0 Å². The van der Waals surface area contributed by atoms with Crippen LogP contribution in [0.15, 0.2) is 6.07 Å².